The summed E-state index contributed by atoms with van der Waals surface area (Å²) < 4.78 is 29.4. The number of phenolic OH excluding ortho intramolecular Hbond substituents is 1. The van der Waals surface area contributed by atoms with E-state index in [1.165, 1.54) is 24.0 Å². The molecule has 4 atom stereocenters. The van der Waals surface area contributed by atoms with Crippen LogP contribution >= 0.6 is 11.8 Å². The molecule has 4 heterocycles. The fourth-order valence-corrected chi connectivity index (χ4v) is 5.31. The molecule has 10 heteroatoms. The van der Waals surface area contributed by atoms with Crippen LogP contribution in [0.3, 0.4) is 0 Å². The molecule has 178 valence electrons. The molecule has 2 N–H and O–H groups in total. The van der Waals surface area contributed by atoms with Gasteiger partial charge in [-0.05, 0) is 49.3 Å². The monoisotopic (exact) mass is 484 g/mol. The molecule has 0 spiro atoms. The number of thioether (sulfide) groups is 1. The van der Waals surface area contributed by atoms with Gasteiger partial charge in [0.2, 0.25) is 0 Å². The first-order valence-corrected chi connectivity index (χ1v) is 12.5. The van der Waals surface area contributed by atoms with Crippen molar-refractivity contribution in [2.45, 2.75) is 55.0 Å². The minimum atomic E-state index is -0.986. The van der Waals surface area contributed by atoms with E-state index in [1.54, 1.807) is 24.4 Å². The van der Waals surface area contributed by atoms with E-state index in [1.807, 2.05) is 18.2 Å². The number of alkyl halides is 1. The van der Waals surface area contributed by atoms with Crippen LogP contribution in [0.4, 0.5) is 14.6 Å². The summed E-state index contributed by atoms with van der Waals surface area (Å²) in [6.45, 7) is 0. The highest BCUT2D eigenvalue weighted by Crippen LogP contribution is 2.35. The number of rotatable bonds is 5. The van der Waals surface area contributed by atoms with Crippen molar-refractivity contribution in [2.75, 3.05) is 18.2 Å². The van der Waals surface area contributed by atoms with Crippen LogP contribution in [0.25, 0.3) is 22.5 Å². The van der Waals surface area contributed by atoms with Crippen molar-refractivity contribution >= 4 is 17.6 Å². The van der Waals surface area contributed by atoms with Gasteiger partial charge in [-0.25, -0.2) is 18.7 Å². The van der Waals surface area contributed by atoms with Gasteiger partial charge in [-0.1, -0.05) is 12.5 Å². The molecular formula is C24H26F2N6OS. The highest BCUT2D eigenvalue weighted by atomic mass is 32.2. The molecule has 7 nitrogen and oxygen atoms in total. The largest absolute Gasteiger partial charge is 0.507 e. The molecule has 0 aliphatic carbocycles. The first-order chi connectivity index (χ1) is 16.4. The Balaban J connectivity index is 1.36. The van der Waals surface area contributed by atoms with Crippen molar-refractivity contribution in [2.24, 2.45) is 0 Å². The summed E-state index contributed by atoms with van der Waals surface area (Å²) in [7, 11) is 1.82. The van der Waals surface area contributed by atoms with E-state index < -0.39 is 12.0 Å². The van der Waals surface area contributed by atoms with E-state index in [-0.39, 0.29) is 23.7 Å². The topological polar surface area (TPSA) is 87.1 Å². The van der Waals surface area contributed by atoms with Crippen molar-refractivity contribution in [1.82, 2.24) is 25.5 Å². The van der Waals surface area contributed by atoms with E-state index in [9.17, 15) is 9.50 Å². The number of nitrogens with zero attached hydrogens (tertiary/aromatic N) is 5. The number of benzene rings is 1. The van der Waals surface area contributed by atoms with Crippen LogP contribution in [-0.4, -0.2) is 62.9 Å². The third-order valence-electron chi connectivity index (χ3n) is 6.79. The number of piperidine rings is 2. The molecule has 2 fully saturated rings. The molecule has 2 saturated heterocycles. The Morgan fingerprint density at radius 1 is 1.12 bits per heavy atom. The smallest absolute Gasteiger partial charge is 0.185 e. The van der Waals surface area contributed by atoms with Crippen molar-refractivity contribution < 1.29 is 13.9 Å². The zero-order valence-electron chi connectivity index (χ0n) is 18.9. The Hall–Kier alpha value is -2.85. The molecule has 0 radical (unpaired) electrons. The lowest BCUT2D eigenvalue weighted by atomic mass is 9.82. The summed E-state index contributed by atoms with van der Waals surface area (Å²) in [6, 6.07) is 6.37. The first kappa shape index (κ1) is 22.9. The molecule has 3 aromatic rings. The van der Waals surface area contributed by atoms with E-state index in [2.05, 4.69) is 25.5 Å². The lowest BCUT2D eigenvalue weighted by Crippen LogP contribution is -2.61. The maximum atomic E-state index is 15.1. The van der Waals surface area contributed by atoms with Gasteiger partial charge in [0.25, 0.3) is 0 Å². The van der Waals surface area contributed by atoms with Gasteiger partial charge in [0.15, 0.2) is 11.6 Å². The van der Waals surface area contributed by atoms with Gasteiger partial charge in [0.05, 0.1) is 29.0 Å². The number of pyridine rings is 1. The average molecular weight is 485 g/mol. The van der Waals surface area contributed by atoms with Gasteiger partial charge in [-0.3, -0.25) is 0 Å². The standard InChI is InChI=1S/C24H26F2N6OS/c1-32(19-9-14-4-3-5-18(29-14)23(19)26)21-12-28-24(31-30-21)15-7-6-13(8-20(15)33)16-10-22(34-2)27-11-17(16)25/h6-8,10-12,14,18-19,23,29,33H,3-5,9H2,1-2H3/t14-,18+,19+,23-/m1/s1. The summed E-state index contributed by atoms with van der Waals surface area (Å²) >= 11 is 1.41. The Morgan fingerprint density at radius 2 is 1.97 bits per heavy atom. The fourth-order valence-electron chi connectivity index (χ4n) is 4.92. The molecular weight excluding hydrogens is 458 g/mol. The number of hydrogen-bond donors (Lipinski definition) is 2. The lowest BCUT2D eigenvalue weighted by Gasteiger charge is -2.45. The van der Waals surface area contributed by atoms with Gasteiger partial charge < -0.3 is 15.3 Å². The van der Waals surface area contributed by atoms with Crippen LogP contribution in [0.5, 0.6) is 5.75 Å². The van der Waals surface area contributed by atoms with Crippen LogP contribution in [0.1, 0.15) is 25.7 Å². The predicted molar refractivity (Wildman–Crippen MR) is 128 cm³/mol. The molecule has 34 heavy (non-hydrogen) atoms. The zero-order valence-corrected chi connectivity index (χ0v) is 19.8. The van der Waals surface area contributed by atoms with Crippen molar-refractivity contribution in [1.29, 1.82) is 0 Å². The number of halogens is 2. The molecule has 1 aromatic carbocycles. The molecule has 0 saturated carbocycles. The molecule has 2 aromatic heterocycles. The van der Waals surface area contributed by atoms with Crippen LogP contribution in [0.2, 0.25) is 0 Å². The average Bonchev–Trinajstić information content (AvgIpc) is 2.86. The summed E-state index contributed by atoms with van der Waals surface area (Å²) in [5.41, 5.74) is 1.25. The third-order valence-corrected chi connectivity index (χ3v) is 7.43. The van der Waals surface area contributed by atoms with Crippen molar-refractivity contribution in [3.05, 3.63) is 42.5 Å². The predicted octanol–water partition coefficient (Wildman–Crippen LogP) is 4.22. The number of nitrogens with one attached hydrogen (secondary N) is 1. The van der Waals surface area contributed by atoms with Crippen LogP contribution < -0.4 is 10.2 Å². The molecule has 2 aliphatic rings. The Labute approximate surface area is 201 Å². The highest BCUT2D eigenvalue weighted by molar-refractivity contribution is 7.98. The van der Waals surface area contributed by atoms with Crippen molar-refractivity contribution in [3.63, 3.8) is 0 Å². The zero-order chi connectivity index (χ0) is 23.8. The van der Waals surface area contributed by atoms with Gasteiger partial charge >= 0.3 is 0 Å². The molecule has 0 unspecified atom stereocenters. The number of anilines is 1. The van der Waals surface area contributed by atoms with Gasteiger partial charge in [-0.15, -0.1) is 22.0 Å². The first-order valence-electron chi connectivity index (χ1n) is 11.3. The van der Waals surface area contributed by atoms with Crippen LogP contribution in [-0.2, 0) is 0 Å². The number of hydrogen-bond acceptors (Lipinski definition) is 8. The number of aromatic hydroxyl groups is 1. The second kappa shape index (κ2) is 9.42. The Bertz CT molecular complexity index is 1180. The maximum Gasteiger partial charge on any atom is 0.185 e. The minimum Gasteiger partial charge on any atom is -0.507 e. The quantitative estimate of drug-likeness (QED) is 0.521. The maximum absolute atomic E-state index is 15.1. The molecule has 2 aliphatic heterocycles. The van der Waals surface area contributed by atoms with Gasteiger partial charge in [0.1, 0.15) is 17.7 Å². The molecule has 5 rings (SSSR count). The van der Waals surface area contributed by atoms with Gasteiger partial charge in [-0.2, -0.15) is 0 Å². The number of fused-ring (bicyclic) bond motifs is 2. The number of phenols is 1. The minimum absolute atomic E-state index is 0.0858. The van der Waals surface area contributed by atoms with E-state index in [0.717, 1.165) is 19.3 Å². The van der Waals surface area contributed by atoms with E-state index in [4.69, 9.17) is 0 Å². The highest BCUT2D eigenvalue weighted by Gasteiger charge is 2.42. The van der Waals surface area contributed by atoms with Crippen molar-refractivity contribution in [3.8, 4) is 28.3 Å². The van der Waals surface area contributed by atoms with Crippen LogP contribution in [0.15, 0.2) is 41.7 Å². The molecule has 0 amide bonds. The van der Waals surface area contributed by atoms with Crippen LogP contribution in [0, 0.1) is 5.82 Å². The Kier molecular flexibility index (Phi) is 6.35. The summed E-state index contributed by atoms with van der Waals surface area (Å²) in [6.07, 6.45) is 7.28. The molecule has 2 bridgehead atoms. The Morgan fingerprint density at radius 3 is 2.71 bits per heavy atom. The normalized spacial score (nSPS) is 24.1. The second-order valence-electron chi connectivity index (χ2n) is 8.84. The SMILES string of the molecule is CSc1cc(-c2ccc(-c3ncc(N(C)[C@H]4C[C@H]5CCC[C@H](N5)[C@H]4F)nn3)c(O)c2)c(F)cn1. The van der Waals surface area contributed by atoms with Gasteiger partial charge in [0, 0.05) is 24.7 Å². The van der Waals surface area contributed by atoms with E-state index in [0.29, 0.717) is 40.0 Å². The second-order valence-corrected chi connectivity index (χ2v) is 9.66. The summed E-state index contributed by atoms with van der Waals surface area (Å²) in [5, 5.41) is 23.1. The summed E-state index contributed by atoms with van der Waals surface area (Å²) in [5.74, 6) is 0.164. The fraction of sp³-hybridized carbons (Fsp3) is 0.417. The number of aromatic nitrogens is 4. The lowest BCUT2D eigenvalue weighted by molar-refractivity contribution is 0.107. The van der Waals surface area contributed by atoms with E-state index >= 15 is 4.39 Å². The summed E-state index contributed by atoms with van der Waals surface area (Å²) in [4.78, 5) is 10.2. The third kappa shape index (κ3) is 4.32.